The Labute approximate surface area is 242 Å². The van der Waals surface area contributed by atoms with Crippen LogP contribution in [0.5, 0.6) is 0 Å². The van der Waals surface area contributed by atoms with Gasteiger partial charge in [-0.3, -0.25) is 0 Å². The Bertz CT molecular complexity index is 421. The van der Waals surface area contributed by atoms with Crippen molar-refractivity contribution in [2.24, 2.45) is 0 Å². The maximum Gasteiger partial charge on any atom is 5.00 e. The Hall–Kier alpha value is -5.20. The van der Waals surface area contributed by atoms with Crippen molar-refractivity contribution in [2.75, 3.05) is 0 Å². The summed E-state index contributed by atoms with van der Waals surface area (Å²) in [5.41, 5.74) is 0. The third kappa shape index (κ3) is 1010. The van der Waals surface area contributed by atoms with Gasteiger partial charge in [0.15, 0.2) is 0 Å². The van der Waals surface area contributed by atoms with E-state index in [1.807, 2.05) is 0 Å². The molecule has 0 heterocycles. The van der Waals surface area contributed by atoms with Crippen LogP contribution in [-0.2, 0) is 0 Å². The van der Waals surface area contributed by atoms with E-state index in [4.69, 9.17) is 138 Å². The molecule has 0 fully saturated rings. The van der Waals surface area contributed by atoms with Gasteiger partial charge >= 0.3 is 59.1 Å². The standard InChI is InChI=1S/9NO3.Np.Pu/c9*2-1(3)4;;/q9*-1;+5;+4. The van der Waals surface area contributed by atoms with E-state index in [2.05, 4.69) is 0 Å². The monoisotopic (exact) mass is 1030 g/mol. The van der Waals surface area contributed by atoms with Gasteiger partial charge in [-0.05, 0) is 0 Å². The van der Waals surface area contributed by atoms with Crippen LogP contribution in [0.1, 0.15) is 0 Å². The molecule has 0 aliphatic carbocycles. The molecule has 0 radical (unpaired) electrons. The van der Waals surface area contributed by atoms with Crippen molar-refractivity contribution in [3.63, 3.8) is 0 Å². The van der Waals surface area contributed by atoms with E-state index in [9.17, 15) is 0 Å². The van der Waals surface area contributed by atoms with Gasteiger partial charge in [-0.25, -0.2) is 0 Å². The maximum absolute atomic E-state index is 8.25. The first-order valence-electron chi connectivity index (χ1n) is 4.93. The van der Waals surface area contributed by atoms with Gasteiger partial charge in [-0.1, -0.05) is 0 Å². The molecule has 36 nitrogen and oxygen atoms in total. The fourth-order valence-corrected chi connectivity index (χ4v) is 0. The zero-order valence-electron chi connectivity index (χ0n) is 15.9. The third-order valence-corrected chi connectivity index (χ3v) is 0. The minimum atomic E-state index is -1.75. The van der Waals surface area contributed by atoms with E-state index < -0.39 is 45.8 Å². The molecule has 0 atom stereocenters. The van der Waals surface area contributed by atoms with Crippen LogP contribution in [0.25, 0.3) is 0 Å². The minimum Gasteiger partial charge on any atom is -0.356 e. The summed E-state index contributed by atoms with van der Waals surface area (Å²) < 4.78 is 0. The van der Waals surface area contributed by atoms with Crippen molar-refractivity contribution in [3.05, 3.63) is 138 Å². The molecule has 0 spiro atoms. The van der Waals surface area contributed by atoms with Crippen LogP contribution in [0.15, 0.2) is 0 Å². The average Bonchev–Trinajstić information content (AvgIpc) is 2.39. The van der Waals surface area contributed by atoms with Crippen LogP contribution in [0.2, 0.25) is 0 Å². The fourth-order valence-electron chi connectivity index (χ4n) is 0. The van der Waals surface area contributed by atoms with Gasteiger partial charge in [-0.15, -0.1) is 0 Å². The van der Waals surface area contributed by atoms with Gasteiger partial charge in [0.05, 0.1) is 45.8 Å². The molecule has 0 bridgehead atoms. The molecule has 0 aromatic rings. The first-order chi connectivity index (χ1) is 15.6. The van der Waals surface area contributed by atoms with Gasteiger partial charge in [0.1, 0.15) is 0 Å². The summed E-state index contributed by atoms with van der Waals surface area (Å²) in [7, 11) is 0. The molecule has 38 heteroatoms. The van der Waals surface area contributed by atoms with Crippen molar-refractivity contribution in [3.8, 4) is 0 Å². The van der Waals surface area contributed by atoms with E-state index in [-0.39, 0.29) is 59.1 Å². The zero-order chi connectivity index (χ0) is 32.2. The molecule has 0 unspecified atom stereocenters. The van der Waals surface area contributed by atoms with E-state index >= 15 is 0 Å². The summed E-state index contributed by atoms with van der Waals surface area (Å²) in [5, 5.41) is 133. The Kier molecular flexibility index (Phi) is 117. The third-order valence-electron chi connectivity index (χ3n) is 0. The SMILES string of the molecule is O=[N+]([O-])[O-].O=[N+]([O-])[O-].O=[N+]([O-])[O-].O=[N+]([O-])[O-].O=[N+]([O-])[O-].O=[N+]([O-])[O-].O=[N+]([O-])[O-].O=[N+]([O-])[O-].O=[N+]([O-])[O-].[Np+5].[Pu+4]. The molecule has 0 saturated carbocycles. The summed E-state index contributed by atoms with van der Waals surface area (Å²) in [5.74, 6) is 0. The number of rotatable bonds is 0. The van der Waals surface area contributed by atoms with Crippen LogP contribution >= 0.6 is 0 Å². The first-order valence-corrected chi connectivity index (χ1v) is 4.93. The van der Waals surface area contributed by atoms with Gasteiger partial charge in [-0.2, -0.15) is 0 Å². The summed E-state index contributed by atoms with van der Waals surface area (Å²) in [6.45, 7) is 0. The van der Waals surface area contributed by atoms with Crippen LogP contribution in [-0.4, -0.2) is 45.8 Å². The van der Waals surface area contributed by atoms with Crippen molar-refractivity contribution < 1.29 is 105 Å². The fraction of sp³-hybridized carbons (Fsp3) is 0. The van der Waals surface area contributed by atoms with Crippen molar-refractivity contribution in [2.45, 2.75) is 0 Å². The molecule has 0 aromatic carbocycles. The Balaban J connectivity index is -0.0000000238. The summed E-state index contributed by atoms with van der Waals surface area (Å²) in [6, 6.07) is 0. The van der Waals surface area contributed by atoms with E-state index in [0.29, 0.717) is 0 Å². The Morgan fingerprint density at radius 3 is 0.211 bits per heavy atom. The van der Waals surface area contributed by atoms with Crippen molar-refractivity contribution in [1.82, 2.24) is 0 Å². The molecule has 0 aromatic heterocycles. The molecule has 0 aliphatic rings. The predicted molar refractivity (Wildman–Crippen MR) is 93.3 cm³/mol. The molecule has 0 amide bonds. The van der Waals surface area contributed by atoms with Crippen LogP contribution < -0.4 is 0 Å². The number of nitrogens with zero attached hydrogens (tertiary/aromatic N) is 9. The summed E-state index contributed by atoms with van der Waals surface area (Å²) in [4.78, 5) is 74.2. The molecule has 0 saturated heterocycles. The molecule has 0 N–H and O–H groups in total. The Morgan fingerprint density at radius 2 is 0.211 bits per heavy atom. The topological polar surface area (TPSA) is 596 Å². The Morgan fingerprint density at radius 1 is 0.211 bits per heavy atom. The second kappa shape index (κ2) is 63.5. The van der Waals surface area contributed by atoms with Gasteiger partial charge in [0.2, 0.25) is 0 Å². The second-order valence-electron chi connectivity index (χ2n) is 2.01. The van der Waals surface area contributed by atoms with Crippen molar-refractivity contribution in [1.29, 1.82) is 0 Å². The van der Waals surface area contributed by atoms with Gasteiger partial charge in [0.25, 0.3) is 0 Å². The summed E-state index contributed by atoms with van der Waals surface area (Å²) in [6.07, 6.45) is 0. The molecule has 38 heavy (non-hydrogen) atoms. The normalized spacial score (nSPS) is 5.68. The molecule has 0 rings (SSSR count). The molecule has 0 aliphatic heterocycles. The van der Waals surface area contributed by atoms with Crippen LogP contribution in [0.3, 0.4) is 0 Å². The second-order valence-corrected chi connectivity index (χ2v) is 2.01. The summed E-state index contributed by atoms with van der Waals surface area (Å²) >= 11 is 0. The average molecular weight is 1040 g/mol. The largest absolute Gasteiger partial charge is 5.00 e. The maximum atomic E-state index is 8.25. The van der Waals surface area contributed by atoms with Crippen LogP contribution in [0.4, 0.5) is 0 Å². The van der Waals surface area contributed by atoms with Gasteiger partial charge < -0.3 is 138 Å². The van der Waals surface area contributed by atoms with E-state index in [1.54, 1.807) is 0 Å². The quantitative estimate of drug-likeness (QED) is 0.184. The smallest absolute Gasteiger partial charge is 0.356 e. The molecular weight excluding hydrogens is 1040 g/mol. The number of hydrogen-bond acceptors (Lipinski definition) is 27. The predicted octanol–water partition coefficient (Wildman–Crippen LogP) is -2.15. The first kappa shape index (κ1) is 69.8. The van der Waals surface area contributed by atoms with Crippen LogP contribution in [0, 0.1) is 197 Å². The zero-order valence-corrected chi connectivity index (χ0v) is 23.0. The van der Waals surface area contributed by atoms with E-state index in [0.717, 1.165) is 0 Å². The number of hydrogen-bond donors (Lipinski definition) is 0. The molecular formula is N9NpO27Pu. The minimum absolute atomic E-state index is 0. The van der Waals surface area contributed by atoms with E-state index in [1.165, 1.54) is 0 Å². The molecule has 218 valence electrons. The van der Waals surface area contributed by atoms with Crippen molar-refractivity contribution >= 4 is 0 Å². The van der Waals surface area contributed by atoms with Gasteiger partial charge in [0, 0.05) is 0 Å².